The Bertz CT molecular complexity index is 723. The standard InChI is InChI=1S/C15H19N5/c1-11(16)7-12-3-4-15-13(8-12)5-6-20(15)10-14-9-19(2)18-17-14/h3-6,8-9,11H,7,10,16H2,1-2H3. The summed E-state index contributed by atoms with van der Waals surface area (Å²) in [5, 5.41) is 9.34. The molecule has 5 nitrogen and oxygen atoms in total. The van der Waals surface area contributed by atoms with Gasteiger partial charge >= 0.3 is 0 Å². The summed E-state index contributed by atoms with van der Waals surface area (Å²) in [5.74, 6) is 0. The molecule has 3 rings (SSSR count). The van der Waals surface area contributed by atoms with E-state index >= 15 is 0 Å². The van der Waals surface area contributed by atoms with Crippen LogP contribution in [0.4, 0.5) is 0 Å². The molecular formula is C15H19N5. The van der Waals surface area contributed by atoms with Crippen molar-refractivity contribution in [3.63, 3.8) is 0 Å². The molecule has 0 fully saturated rings. The molecule has 1 aromatic carbocycles. The number of aromatic nitrogens is 4. The molecule has 0 saturated carbocycles. The van der Waals surface area contributed by atoms with Crippen molar-refractivity contribution in [2.45, 2.75) is 25.9 Å². The number of hydrogen-bond acceptors (Lipinski definition) is 3. The van der Waals surface area contributed by atoms with Crippen LogP contribution in [0.15, 0.2) is 36.7 Å². The lowest BCUT2D eigenvalue weighted by Gasteiger charge is -2.06. The van der Waals surface area contributed by atoms with Crippen LogP contribution in [0.2, 0.25) is 0 Å². The van der Waals surface area contributed by atoms with Crippen LogP contribution in [0.1, 0.15) is 18.2 Å². The molecule has 0 radical (unpaired) electrons. The molecular weight excluding hydrogens is 250 g/mol. The Kier molecular flexibility index (Phi) is 3.28. The Morgan fingerprint density at radius 2 is 2.15 bits per heavy atom. The van der Waals surface area contributed by atoms with E-state index in [4.69, 9.17) is 5.73 Å². The Labute approximate surface area is 118 Å². The summed E-state index contributed by atoms with van der Waals surface area (Å²) in [4.78, 5) is 0. The lowest BCUT2D eigenvalue weighted by molar-refractivity contribution is 0.711. The topological polar surface area (TPSA) is 61.7 Å². The minimum absolute atomic E-state index is 0.189. The number of fused-ring (bicyclic) bond motifs is 1. The van der Waals surface area contributed by atoms with E-state index < -0.39 is 0 Å². The molecule has 2 N–H and O–H groups in total. The van der Waals surface area contributed by atoms with Crippen LogP contribution in [-0.4, -0.2) is 25.6 Å². The first-order valence-corrected chi connectivity index (χ1v) is 6.80. The number of nitrogens with zero attached hydrogens (tertiary/aromatic N) is 4. The van der Waals surface area contributed by atoms with Crippen LogP contribution >= 0.6 is 0 Å². The van der Waals surface area contributed by atoms with E-state index in [1.54, 1.807) is 4.68 Å². The number of benzene rings is 1. The van der Waals surface area contributed by atoms with E-state index in [-0.39, 0.29) is 6.04 Å². The second-order valence-electron chi connectivity index (χ2n) is 5.40. The highest BCUT2D eigenvalue weighted by Crippen LogP contribution is 2.19. The van der Waals surface area contributed by atoms with Crippen molar-refractivity contribution >= 4 is 10.9 Å². The van der Waals surface area contributed by atoms with Gasteiger partial charge in [-0.3, -0.25) is 4.68 Å². The summed E-state index contributed by atoms with van der Waals surface area (Å²) in [7, 11) is 1.88. The highest BCUT2D eigenvalue weighted by atomic mass is 15.4. The molecule has 20 heavy (non-hydrogen) atoms. The second-order valence-corrected chi connectivity index (χ2v) is 5.40. The van der Waals surface area contributed by atoms with E-state index in [1.165, 1.54) is 16.5 Å². The summed E-state index contributed by atoms with van der Waals surface area (Å²) < 4.78 is 3.91. The molecule has 0 aliphatic rings. The molecule has 3 aromatic rings. The maximum absolute atomic E-state index is 5.86. The summed E-state index contributed by atoms with van der Waals surface area (Å²) in [6.45, 7) is 2.77. The second kappa shape index (κ2) is 5.09. The Morgan fingerprint density at radius 1 is 1.30 bits per heavy atom. The monoisotopic (exact) mass is 269 g/mol. The van der Waals surface area contributed by atoms with E-state index in [9.17, 15) is 0 Å². The molecule has 5 heteroatoms. The molecule has 0 amide bonds. The zero-order valence-corrected chi connectivity index (χ0v) is 11.8. The fourth-order valence-corrected chi connectivity index (χ4v) is 2.53. The van der Waals surface area contributed by atoms with Gasteiger partial charge in [0.2, 0.25) is 0 Å². The van der Waals surface area contributed by atoms with Crippen LogP contribution in [0.25, 0.3) is 10.9 Å². The Morgan fingerprint density at radius 3 is 2.85 bits per heavy atom. The third kappa shape index (κ3) is 2.58. The summed E-state index contributed by atoms with van der Waals surface area (Å²) in [6, 6.07) is 8.85. The predicted octanol–water partition coefficient (Wildman–Crippen LogP) is 1.71. The number of hydrogen-bond donors (Lipinski definition) is 1. The van der Waals surface area contributed by atoms with Crippen molar-refractivity contribution < 1.29 is 0 Å². The zero-order chi connectivity index (χ0) is 14.1. The van der Waals surface area contributed by atoms with Crippen LogP contribution < -0.4 is 5.73 Å². The summed E-state index contributed by atoms with van der Waals surface area (Å²) >= 11 is 0. The van der Waals surface area contributed by atoms with Gasteiger partial charge in [-0.05, 0) is 42.5 Å². The Balaban J connectivity index is 1.89. The predicted molar refractivity (Wildman–Crippen MR) is 79.4 cm³/mol. The average molecular weight is 269 g/mol. The highest BCUT2D eigenvalue weighted by molar-refractivity contribution is 5.81. The molecule has 0 saturated heterocycles. The minimum atomic E-state index is 0.189. The van der Waals surface area contributed by atoms with Gasteiger partial charge in [0.25, 0.3) is 0 Å². The van der Waals surface area contributed by atoms with Gasteiger partial charge in [-0.15, -0.1) is 5.10 Å². The largest absolute Gasteiger partial charge is 0.341 e. The quantitative estimate of drug-likeness (QED) is 0.784. The highest BCUT2D eigenvalue weighted by Gasteiger charge is 2.06. The molecule has 0 aliphatic heterocycles. The zero-order valence-electron chi connectivity index (χ0n) is 11.8. The lowest BCUT2D eigenvalue weighted by atomic mass is 10.1. The van der Waals surface area contributed by atoms with E-state index in [0.29, 0.717) is 0 Å². The van der Waals surface area contributed by atoms with Gasteiger partial charge in [0, 0.05) is 31.0 Å². The SMILES string of the molecule is CC(N)Cc1ccc2c(ccn2Cc2cn(C)nn2)c1. The Hall–Kier alpha value is -2.14. The third-order valence-corrected chi connectivity index (χ3v) is 3.38. The summed E-state index contributed by atoms with van der Waals surface area (Å²) in [6.07, 6.45) is 4.94. The first-order valence-electron chi connectivity index (χ1n) is 6.80. The smallest absolute Gasteiger partial charge is 0.102 e. The normalized spacial score (nSPS) is 12.9. The molecule has 0 spiro atoms. The number of nitrogens with two attached hydrogens (primary N) is 1. The molecule has 1 unspecified atom stereocenters. The summed E-state index contributed by atoms with van der Waals surface area (Å²) in [5.41, 5.74) is 9.31. The number of rotatable bonds is 4. The van der Waals surface area contributed by atoms with E-state index in [2.05, 4.69) is 45.3 Å². The minimum Gasteiger partial charge on any atom is -0.341 e. The molecule has 104 valence electrons. The fraction of sp³-hybridized carbons (Fsp3) is 0.333. The first-order chi connectivity index (χ1) is 9.61. The third-order valence-electron chi connectivity index (χ3n) is 3.38. The molecule has 0 aliphatic carbocycles. The van der Waals surface area contributed by atoms with Gasteiger partial charge in [-0.2, -0.15) is 0 Å². The van der Waals surface area contributed by atoms with Gasteiger partial charge in [-0.25, -0.2) is 0 Å². The van der Waals surface area contributed by atoms with Crippen molar-refractivity contribution in [3.8, 4) is 0 Å². The van der Waals surface area contributed by atoms with E-state index in [1.807, 2.05) is 20.2 Å². The molecule has 2 aromatic heterocycles. The van der Waals surface area contributed by atoms with Gasteiger partial charge in [-0.1, -0.05) is 11.3 Å². The maximum atomic E-state index is 5.86. The van der Waals surface area contributed by atoms with Crippen LogP contribution in [0, 0.1) is 0 Å². The van der Waals surface area contributed by atoms with Crippen molar-refractivity contribution in [2.24, 2.45) is 12.8 Å². The van der Waals surface area contributed by atoms with Crippen molar-refractivity contribution in [1.82, 2.24) is 19.6 Å². The lowest BCUT2D eigenvalue weighted by Crippen LogP contribution is -2.17. The number of aryl methyl sites for hydroxylation is 1. The maximum Gasteiger partial charge on any atom is 0.102 e. The van der Waals surface area contributed by atoms with Gasteiger partial charge < -0.3 is 10.3 Å². The first kappa shape index (κ1) is 12.9. The van der Waals surface area contributed by atoms with Crippen molar-refractivity contribution in [3.05, 3.63) is 47.9 Å². The van der Waals surface area contributed by atoms with Crippen molar-refractivity contribution in [1.29, 1.82) is 0 Å². The van der Waals surface area contributed by atoms with Crippen LogP contribution in [0.5, 0.6) is 0 Å². The molecule has 1 atom stereocenters. The fourth-order valence-electron chi connectivity index (χ4n) is 2.53. The van der Waals surface area contributed by atoms with Gasteiger partial charge in [0.05, 0.1) is 6.54 Å². The van der Waals surface area contributed by atoms with Crippen molar-refractivity contribution in [2.75, 3.05) is 0 Å². The molecule has 0 bridgehead atoms. The van der Waals surface area contributed by atoms with E-state index in [0.717, 1.165) is 18.7 Å². The average Bonchev–Trinajstić information content (AvgIpc) is 2.96. The van der Waals surface area contributed by atoms with Gasteiger partial charge in [0.1, 0.15) is 5.69 Å². The van der Waals surface area contributed by atoms with Crippen LogP contribution in [0.3, 0.4) is 0 Å². The molecule has 2 heterocycles. The van der Waals surface area contributed by atoms with Crippen LogP contribution in [-0.2, 0) is 20.0 Å². The van der Waals surface area contributed by atoms with Gasteiger partial charge in [0.15, 0.2) is 0 Å².